The molecular weight excluding hydrogens is 803 g/mol. The number of hydrogen-bond donors (Lipinski definition) is 3. The second kappa shape index (κ2) is 51.5. The molecule has 0 saturated carbocycles. The summed E-state index contributed by atoms with van der Waals surface area (Å²) in [6.45, 7) is 6.28. The minimum absolute atomic E-state index is 0.0147. The highest BCUT2D eigenvalue weighted by atomic mass is 16.5. The van der Waals surface area contributed by atoms with Gasteiger partial charge in [0, 0.05) is 6.42 Å². The fraction of sp³-hybridized carbons (Fsp3) is 0.661. The monoisotopic (exact) mass is 902 g/mol. The van der Waals surface area contributed by atoms with Crippen molar-refractivity contribution in [2.75, 3.05) is 6.61 Å². The molecule has 0 heterocycles. The van der Waals surface area contributed by atoms with E-state index in [2.05, 4.69) is 74.7 Å². The van der Waals surface area contributed by atoms with Crippen molar-refractivity contribution in [1.82, 2.24) is 5.32 Å². The van der Waals surface area contributed by atoms with Gasteiger partial charge in [-0.15, -0.1) is 0 Å². The lowest BCUT2D eigenvalue weighted by molar-refractivity contribution is -0.151. The summed E-state index contributed by atoms with van der Waals surface area (Å²) >= 11 is 0. The van der Waals surface area contributed by atoms with Gasteiger partial charge in [-0.25, -0.2) is 0 Å². The van der Waals surface area contributed by atoms with Gasteiger partial charge in [0.2, 0.25) is 5.91 Å². The lowest BCUT2D eigenvalue weighted by Crippen LogP contribution is -2.46. The Hall–Kier alpha value is -3.48. The van der Waals surface area contributed by atoms with E-state index in [-0.39, 0.29) is 24.9 Å². The van der Waals surface area contributed by atoms with Gasteiger partial charge in [0.05, 0.1) is 25.2 Å². The van der Waals surface area contributed by atoms with Crippen molar-refractivity contribution >= 4 is 11.9 Å². The molecule has 0 spiro atoms. The smallest absolute Gasteiger partial charge is 0.306 e. The minimum atomic E-state index is -0.816. The molecule has 0 aliphatic rings. The zero-order valence-corrected chi connectivity index (χ0v) is 42.1. The quantitative estimate of drug-likeness (QED) is 0.0245. The number of unbranched alkanes of at least 4 members (excludes halogenated alkanes) is 21. The van der Waals surface area contributed by atoms with Crippen LogP contribution in [0.25, 0.3) is 0 Å². The number of rotatable bonds is 46. The van der Waals surface area contributed by atoms with Crippen LogP contribution in [0.4, 0.5) is 0 Å². The first kappa shape index (κ1) is 61.5. The predicted octanol–water partition coefficient (Wildman–Crippen LogP) is 16.3. The molecular formula is C59H99NO5. The van der Waals surface area contributed by atoms with Crippen molar-refractivity contribution in [3.05, 3.63) is 109 Å². The number of allylic oxidation sites excluding steroid dienone is 18. The summed E-state index contributed by atoms with van der Waals surface area (Å²) in [7, 11) is 0. The molecule has 370 valence electrons. The Labute approximate surface area is 400 Å². The van der Waals surface area contributed by atoms with E-state index in [0.29, 0.717) is 19.3 Å². The molecule has 65 heavy (non-hydrogen) atoms. The van der Waals surface area contributed by atoms with Crippen molar-refractivity contribution in [3.63, 3.8) is 0 Å². The first-order valence-electron chi connectivity index (χ1n) is 26.7. The molecule has 0 aromatic heterocycles. The molecule has 0 radical (unpaired) electrons. The van der Waals surface area contributed by atoms with Gasteiger partial charge in [-0.3, -0.25) is 9.59 Å². The molecule has 6 nitrogen and oxygen atoms in total. The Bertz CT molecular complexity index is 1330. The summed E-state index contributed by atoms with van der Waals surface area (Å²) in [5.74, 6) is -0.571. The third-order valence-corrected chi connectivity index (χ3v) is 11.5. The molecule has 0 saturated heterocycles. The van der Waals surface area contributed by atoms with Crippen LogP contribution in [-0.4, -0.2) is 46.9 Å². The first-order chi connectivity index (χ1) is 32.0. The number of aliphatic hydroxyl groups excluding tert-OH is 2. The topological polar surface area (TPSA) is 95.9 Å². The van der Waals surface area contributed by atoms with Crippen LogP contribution in [0.3, 0.4) is 0 Å². The van der Waals surface area contributed by atoms with Crippen LogP contribution in [0.5, 0.6) is 0 Å². The van der Waals surface area contributed by atoms with E-state index in [1.165, 1.54) is 96.3 Å². The largest absolute Gasteiger partial charge is 0.462 e. The zero-order chi connectivity index (χ0) is 47.4. The second-order valence-corrected chi connectivity index (χ2v) is 17.7. The molecule has 3 unspecified atom stereocenters. The SMILES string of the molecule is CC\C=C/C=C/C=C/C=C\C=C\C=C\CCCC(CC(=O)NC(CO)C(O)CCCCCCCCCCCCCC)OC(=O)CCCCCCCC/C=C\C/C=C\C/C=C\CCCCC. The highest BCUT2D eigenvalue weighted by Crippen LogP contribution is 2.17. The number of hydrogen-bond acceptors (Lipinski definition) is 5. The van der Waals surface area contributed by atoms with Gasteiger partial charge in [-0.2, -0.15) is 0 Å². The van der Waals surface area contributed by atoms with Crippen LogP contribution in [0.15, 0.2) is 109 Å². The summed E-state index contributed by atoms with van der Waals surface area (Å²) in [6, 6.07) is -0.735. The fourth-order valence-corrected chi connectivity index (χ4v) is 7.47. The number of amides is 1. The van der Waals surface area contributed by atoms with Gasteiger partial charge in [0.15, 0.2) is 0 Å². The normalized spacial score (nSPS) is 14.1. The van der Waals surface area contributed by atoms with Gasteiger partial charge < -0.3 is 20.3 Å². The number of carbonyl (C=O) groups is 2. The average molecular weight is 902 g/mol. The molecule has 0 aromatic carbocycles. The van der Waals surface area contributed by atoms with Gasteiger partial charge >= 0.3 is 5.97 Å². The molecule has 6 heteroatoms. The van der Waals surface area contributed by atoms with E-state index >= 15 is 0 Å². The summed E-state index contributed by atoms with van der Waals surface area (Å²) in [6.07, 6.45) is 70.0. The van der Waals surface area contributed by atoms with Gasteiger partial charge in [0.1, 0.15) is 6.10 Å². The molecule has 0 aliphatic heterocycles. The Balaban J connectivity index is 4.74. The number of esters is 1. The molecule has 1 amide bonds. The predicted molar refractivity (Wildman–Crippen MR) is 282 cm³/mol. The Morgan fingerprint density at radius 1 is 0.477 bits per heavy atom. The van der Waals surface area contributed by atoms with Crippen molar-refractivity contribution in [1.29, 1.82) is 0 Å². The van der Waals surface area contributed by atoms with Crippen molar-refractivity contribution in [2.24, 2.45) is 0 Å². The van der Waals surface area contributed by atoms with Gasteiger partial charge in [0.25, 0.3) is 0 Å². The van der Waals surface area contributed by atoms with E-state index < -0.39 is 18.2 Å². The summed E-state index contributed by atoms with van der Waals surface area (Å²) in [4.78, 5) is 26.2. The molecule has 3 atom stereocenters. The third-order valence-electron chi connectivity index (χ3n) is 11.5. The Kier molecular flexibility index (Phi) is 48.7. The van der Waals surface area contributed by atoms with Gasteiger partial charge in [-0.05, 0) is 77.0 Å². The number of nitrogens with one attached hydrogen (secondary N) is 1. The van der Waals surface area contributed by atoms with Crippen LogP contribution >= 0.6 is 0 Å². The lowest BCUT2D eigenvalue weighted by Gasteiger charge is -2.24. The number of carbonyl (C=O) groups excluding carboxylic acids is 2. The third kappa shape index (κ3) is 46.8. The van der Waals surface area contributed by atoms with Crippen LogP contribution in [-0.2, 0) is 14.3 Å². The highest BCUT2D eigenvalue weighted by molar-refractivity contribution is 5.77. The molecule has 3 N–H and O–H groups in total. The summed E-state index contributed by atoms with van der Waals surface area (Å²) < 4.78 is 5.90. The van der Waals surface area contributed by atoms with Gasteiger partial charge in [-0.1, -0.05) is 246 Å². The van der Waals surface area contributed by atoms with E-state index in [9.17, 15) is 19.8 Å². The van der Waals surface area contributed by atoms with Crippen molar-refractivity contribution in [2.45, 2.75) is 244 Å². The lowest BCUT2D eigenvalue weighted by atomic mass is 10.0. The Morgan fingerprint density at radius 3 is 1.45 bits per heavy atom. The molecule has 0 bridgehead atoms. The standard InChI is InChI=1S/C59H99NO5/c1-4-7-10-13-16-19-22-25-27-28-29-30-32-34-37-40-43-46-49-52-59(64)65-55(50-47-44-41-38-35-33-31-26-23-20-17-14-11-8-5-2)53-58(63)60-56(54-61)57(62)51-48-45-42-39-36-24-21-18-15-12-9-6-3/h8,11,14,16-17,19-20,23,25-27,29-31,33,35,38,41,55-57,61-62H,4-7,9-10,12-13,15,18,21-22,24,28,32,34,36-37,39-40,42-54H2,1-3H3,(H,60,63)/b11-8-,17-14+,19-16-,23-20+,27-25-,30-29-,31-26-,35-33+,41-38+. The highest BCUT2D eigenvalue weighted by Gasteiger charge is 2.24. The molecule has 0 aromatic rings. The molecule has 0 fully saturated rings. The maximum Gasteiger partial charge on any atom is 0.306 e. The summed E-state index contributed by atoms with van der Waals surface area (Å²) in [5.41, 5.74) is 0. The van der Waals surface area contributed by atoms with E-state index in [4.69, 9.17) is 4.74 Å². The van der Waals surface area contributed by atoms with Crippen LogP contribution in [0.2, 0.25) is 0 Å². The average Bonchev–Trinajstić information content (AvgIpc) is 3.30. The fourth-order valence-electron chi connectivity index (χ4n) is 7.47. The molecule has 0 aliphatic carbocycles. The van der Waals surface area contributed by atoms with E-state index in [1.807, 2.05) is 60.8 Å². The Morgan fingerprint density at radius 2 is 0.908 bits per heavy atom. The zero-order valence-electron chi connectivity index (χ0n) is 42.1. The van der Waals surface area contributed by atoms with Crippen molar-refractivity contribution in [3.8, 4) is 0 Å². The first-order valence-corrected chi connectivity index (χ1v) is 26.7. The molecule has 0 rings (SSSR count). The number of ether oxygens (including phenoxy) is 1. The van der Waals surface area contributed by atoms with Crippen LogP contribution in [0.1, 0.15) is 226 Å². The summed E-state index contributed by atoms with van der Waals surface area (Å²) in [5, 5.41) is 23.7. The second-order valence-electron chi connectivity index (χ2n) is 17.7. The van der Waals surface area contributed by atoms with Crippen molar-refractivity contribution < 1.29 is 24.5 Å². The maximum absolute atomic E-state index is 13.2. The number of aliphatic hydroxyl groups is 2. The van der Waals surface area contributed by atoms with Crippen LogP contribution < -0.4 is 5.32 Å². The van der Waals surface area contributed by atoms with Crippen LogP contribution in [0, 0.1) is 0 Å². The van der Waals surface area contributed by atoms with E-state index in [1.54, 1.807) is 0 Å². The maximum atomic E-state index is 13.2. The van der Waals surface area contributed by atoms with E-state index in [0.717, 1.165) is 83.5 Å². The minimum Gasteiger partial charge on any atom is -0.462 e.